The van der Waals surface area contributed by atoms with Crippen LogP contribution in [-0.2, 0) is 11.3 Å². The summed E-state index contributed by atoms with van der Waals surface area (Å²) in [6, 6.07) is 10.5. The second-order valence-corrected chi connectivity index (χ2v) is 5.76. The molecule has 1 heterocycles. The molecule has 1 aliphatic rings. The van der Waals surface area contributed by atoms with E-state index in [-0.39, 0.29) is 5.91 Å². The summed E-state index contributed by atoms with van der Waals surface area (Å²) in [7, 11) is 1.85. The summed E-state index contributed by atoms with van der Waals surface area (Å²) < 4.78 is 0. The lowest BCUT2D eigenvalue weighted by Gasteiger charge is -2.29. The summed E-state index contributed by atoms with van der Waals surface area (Å²) in [5, 5.41) is 0. The normalized spacial score (nSPS) is 20.9. The van der Waals surface area contributed by atoms with E-state index in [9.17, 15) is 4.79 Å². The van der Waals surface area contributed by atoms with Crippen LogP contribution in [0.15, 0.2) is 30.3 Å². The molecule has 4 nitrogen and oxygen atoms in total. The van der Waals surface area contributed by atoms with Gasteiger partial charge in [-0.1, -0.05) is 30.3 Å². The average Bonchev–Trinajstić information content (AvgIpc) is 2.86. The van der Waals surface area contributed by atoms with Crippen molar-refractivity contribution in [1.82, 2.24) is 9.80 Å². The van der Waals surface area contributed by atoms with Crippen LogP contribution in [0, 0.1) is 0 Å². The molecule has 2 unspecified atom stereocenters. The Kier molecular flexibility index (Phi) is 5.15. The van der Waals surface area contributed by atoms with E-state index in [4.69, 9.17) is 5.73 Å². The van der Waals surface area contributed by atoms with Crippen LogP contribution in [0.5, 0.6) is 0 Å². The molecule has 0 spiro atoms. The SMILES string of the molecule is CC(N)C(=O)N(C)CC1CCCN1Cc1ccccc1. The first-order chi connectivity index (χ1) is 9.58. The van der Waals surface area contributed by atoms with Gasteiger partial charge in [0.25, 0.3) is 0 Å². The molecule has 110 valence electrons. The highest BCUT2D eigenvalue weighted by molar-refractivity contribution is 5.80. The number of carbonyl (C=O) groups is 1. The predicted octanol–water partition coefficient (Wildman–Crippen LogP) is 1.46. The number of rotatable bonds is 5. The number of likely N-dealkylation sites (N-methyl/N-ethyl adjacent to an activating group) is 1. The molecule has 2 atom stereocenters. The smallest absolute Gasteiger partial charge is 0.238 e. The van der Waals surface area contributed by atoms with Crippen molar-refractivity contribution in [2.45, 2.75) is 38.4 Å². The van der Waals surface area contributed by atoms with Gasteiger partial charge in [0.1, 0.15) is 0 Å². The highest BCUT2D eigenvalue weighted by Gasteiger charge is 2.27. The molecule has 1 amide bonds. The minimum absolute atomic E-state index is 0.0246. The Morgan fingerprint density at radius 1 is 1.45 bits per heavy atom. The van der Waals surface area contributed by atoms with Gasteiger partial charge < -0.3 is 10.6 Å². The van der Waals surface area contributed by atoms with E-state index in [1.54, 1.807) is 11.8 Å². The Balaban J connectivity index is 1.92. The minimum Gasteiger partial charge on any atom is -0.343 e. The van der Waals surface area contributed by atoms with E-state index in [1.165, 1.54) is 12.0 Å². The van der Waals surface area contributed by atoms with E-state index in [1.807, 2.05) is 13.1 Å². The highest BCUT2D eigenvalue weighted by Crippen LogP contribution is 2.20. The van der Waals surface area contributed by atoms with E-state index in [0.29, 0.717) is 6.04 Å². The Morgan fingerprint density at radius 2 is 2.15 bits per heavy atom. The lowest BCUT2D eigenvalue weighted by molar-refractivity contribution is -0.131. The molecule has 0 saturated carbocycles. The van der Waals surface area contributed by atoms with Gasteiger partial charge in [0.15, 0.2) is 0 Å². The first-order valence-electron chi connectivity index (χ1n) is 7.36. The summed E-state index contributed by atoms with van der Waals surface area (Å²) in [5.74, 6) is 0.0246. The number of hydrogen-bond acceptors (Lipinski definition) is 3. The molecule has 0 aromatic heterocycles. The molecule has 1 saturated heterocycles. The van der Waals surface area contributed by atoms with Crippen LogP contribution in [-0.4, -0.2) is 47.9 Å². The molecule has 1 fully saturated rings. The zero-order chi connectivity index (χ0) is 14.5. The molecule has 1 aromatic rings. The predicted molar refractivity (Wildman–Crippen MR) is 81.2 cm³/mol. The molecular formula is C16H25N3O. The highest BCUT2D eigenvalue weighted by atomic mass is 16.2. The maximum Gasteiger partial charge on any atom is 0.238 e. The standard InChI is InChI=1S/C16H25N3O/c1-13(17)16(20)18(2)12-15-9-6-10-19(15)11-14-7-4-3-5-8-14/h3-5,7-8,13,15H,6,9-12,17H2,1-2H3. The number of hydrogen-bond donors (Lipinski definition) is 1. The largest absolute Gasteiger partial charge is 0.343 e. The molecule has 2 N–H and O–H groups in total. The van der Waals surface area contributed by atoms with Crippen molar-refractivity contribution in [3.8, 4) is 0 Å². The van der Waals surface area contributed by atoms with Gasteiger partial charge >= 0.3 is 0 Å². The number of nitrogens with two attached hydrogens (primary N) is 1. The number of nitrogens with zero attached hydrogens (tertiary/aromatic N) is 2. The number of carbonyl (C=O) groups excluding carboxylic acids is 1. The monoisotopic (exact) mass is 275 g/mol. The molecule has 0 bridgehead atoms. The van der Waals surface area contributed by atoms with Crippen molar-refractivity contribution in [1.29, 1.82) is 0 Å². The molecule has 2 rings (SSSR count). The third kappa shape index (κ3) is 3.81. The lowest BCUT2D eigenvalue weighted by Crippen LogP contribution is -2.46. The van der Waals surface area contributed by atoms with Crippen molar-refractivity contribution in [2.24, 2.45) is 5.73 Å². The van der Waals surface area contributed by atoms with E-state index in [0.717, 1.165) is 26.1 Å². The number of likely N-dealkylation sites (tertiary alicyclic amines) is 1. The molecule has 20 heavy (non-hydrogen) atoms. The van der Waals surface area contributed by atoms with Crippen LogP contribution >= 0.6 is 0 Å². The van der Waals surface area contributed by atoms with Gasteiger partial charge in [0.2, 0.25) is 5.91 Å². The summed E-state index contributed by atoms with van der Waals surface area (Å²) >= 11 is 0. The van der Waals surface area contributed by atoms with Crippen molar-refractivity contribution in [2.75, 3.05) is 20.1 Å². The maximum atomic E-state index is 11.9. The van der Waals surface area contributed by atoms with Crippen LogP contribution < -0.4 is 5.73 Å². The van der Waals surface area contributed by atoms with Gasteiger partial charge in [-0.3, -0.25) is 9.69 Å². The Bertz CT molecular complexity index is 433. The molecule has 4 heteroatoms. The van der Waals surface area contributed by atoms with Crippen LogP contribution in [0.3, 0.4) is 0 Å². The maximum absolute atomic E-state index is 11.9. The summed E-state index contributed by atoms with van der Waals surface area (Å²) in [5.41, 5.74) is 7.00. The Morgan fingerprint density at radius 3 is 2.80 bits per heavy atom. The lowest BCUT2D eigenvalue weighted by atomic mass is 10.1. The van der Waals surface area contributed by atoms with Gasteiger partial charge in [0.05, 0.1) is 6.04 Å². The summed E-state index contributed by atoms with van der Waals surface area (Å²) in [4.78, 5) is 16.1. The Labute approximate surface area is 121 Å². The zero-order valence-corrected chi connectivity index (χ0v) is 12.5. The third-order valence-corrected chi connectivity index (χ3v) is 3.98. The molecular weight excluding hydrogens is 250 g/mol. The van der Waals surface area contributed by atoms with Crippen LogP contribution in [0.25, 0.3) is 0 Å². The van der Waals surface area contributed by atoms with Crippen molar-refractivity contribution in [3.05, 3.63) is 35.9 Å². The second-order valence-electron chi connectivity index (χ2n) is 5.76. The van der Waals surface area contributed by atoms with Crippen molar-refractivity contribution < 1.29 is 4.79 Å². The summed E-state index contributed by atoms with van der Waals surface area (Å²) in [6.45, 7) is 4.59. The summed E-state index contributed by atoms with van der Waals surface area (Å²) in [6.07, 6.45) is 2.36. The third-order valence-electron chi connectivity index (χ3n) is 3.98. The number of benzene rings is 1. The molecule has 1 aromatic carbocycles. The fourth-order valence-corrected chi connectivity index (χ4v) is 2.88. The van der Waals surface area contributed by atoms with Gasteiger partial charge in [-0.15, -0.1) is 0 Å². The molecule has 0 aliphatic carbocycles. The zero-order valence-electron chi connectivity index (χ0n) is 12.5. The minimum atomic E-state index is -0.413. The van der Waals surface area contributed by atoms with E-state index < -0.39 is 6.04 Å². The van der Waals surface area contributed by atoms with Gasteiger partial charge in [-0.2, -0.15) is 0 Å². The van der Waals surface area contributed by atoms with Crippen LogP contribution in [0.4, 0.5) is 0 Å². The van der Waals surface area contributed by atoms with Gasteiger partial charge in [0, 0.05) is 26.2 Å². The van der Waals surface area contributed by atoms with E-state index >= 15 is 0 Å². The molecule has 1 aliphatic heterocycles. The van der Waals surface area contributed by atoms with Crippen LogP contribution in [0.1, 0.15) is 25.3 Å². The average molecular weight is 275 g/mol. The first-order valence-corrected chi connectivity index (χ1v) is 7.36. The van der Waals surface area contributed by atoms with Gasteiger partial charge in [-0.05, 0) is 31.9 Å². The van der Waals surface area contributed by atoms with Crippen molar-refractivity contribution in [3.63, 3.8) is 0 Å². The first kappa shape index (κ1) is 15.0. The molecule has 0 radical (unpaired) electrons. The van der Waals surface area contributed by atoms with Crippen LogP contribution in [0.2, 0.25) is 0 Å². The van der Waals surface area contributed by atoms with Crippen molar-refractivity contribution >= 4 is 5.91 Å². The Hall–Kier alpha value is -1.39. The fourth-order valence-electron chi connectivity index (χ4n) is 2.88. The number of amides is 1. The second kappa shape index (κ2) is 6.86. The quantitative estimate of drug-likeness (QED) is 0.885. The fraction of sp³-hybridized carbons (Fsp3) is 0.562. The topological polar surface area (TPSA) is 49.6 Å². The van der Waals surface area contributed by atoms with Gasteiger partial charge in [-0.25, -0.2) is 0 Å². The van der Waals surface area contributed by atoms with E-state index in [2.05, 4.69) is 29.2 Å².